The quantitative estimate of drug-likeness (QED) is 0.624. The maximum Gasteiger partial charge on any atom is 0.283 e. The summed E-state index contributed by atoms with van der Waals surface area (Å²) in [6.07, 6.45) is 3.54. The molecule has 0 saturated carbocycles. The molecule has 3 rings (SSSR count). The minimum absolute atomic E-state index is 0.129. The van der Waals surface area contributed by atoms with Crippen molar-refractivity contribution in [2.75, 3.05) is 5.32 Å². The lowest BCUT2D eigenvalue weighted by atomic mass is 9.95. The third kappa shape index (κ3) is 3.35. The summed E-state index contributed by atoms with van der Waals surface area (Å²) in [6.45, 7) is 0. The average Bonchev–Trinajstić information content (AvgIpc) is 2.92. The summed E-state index contributed by atoms with van der Waals surface area (Å²) in [5.74, 6) is -1.29. The number of fused-ring (bicyclic) bond motifs is 1. The van der Waals surface area contributed by atoms with Gasteiger partial charge in [-0.2, -0.15) is 0 Å². The predicted octanol–water partition coefficient (Wildman–Crippen LogP) is 3.54. The number of primary amides is 1. The molecular formula is C16H14ClN3O4S. The van der Waals surface area contributed by atoms with Crippen molar-refractivity contribution >= 4 is 45.4 Å². The number of carbonyl (C=O) groups is 2. The third-order valence-corrected chi connectivity index (χ3v) is 5.49. The van der Waals surface area contributed by atoms with Crippen molar-refractivity contribution in [3.63, 3.8) is 0 Å². The van der Waals surface area contributed by atoms with Gasteiger partial charge in [0.1, 0.15) is 10.6 Å². The van der Waals surface area contributed by atoms with Crippen molar-refractivity contribution in [1.82, 2.24) is 0 Å². The van der Waals surface area contributed by atoms with Gasteiger partial charge in [-0.25, -0.2) is 0 Å². The molecule has 0 aliphatic heterocycles. The molecule has 0 radical (unpaired) electrons. The second-order valence-corrected chi connectivity index (χ2v) is 7.19. The molecule has 3 N–H and O–H groups in total. The summed E-state index contributed by atoms with van der Waals surface area (Å²) in [6, 6.07) is 3.80. The van der Waals surface area contributed by atoms with Crippen molar-refractivity contribution < 1.29 is 14.5 Å². The Morgan fingerprint density at radius 3 is 2.68 bits per heavy atom. The molecule has 1 aliphatic rings. The smallest absolute Gasteiger partial charge is 0.283 e. The second-order valence-electron chi connectivity index (χ2n) is 5.65. The number of amides is 2. The number of hydrogen-bond acceptors (Lipinski definition) is 5. The fraction of sp³-hybridized carbons (Fsp3) is 0.250. The zero-order valence-corrected chi connectivity index (χ0v) is 14.6. The Bertz CT molecular complexity index is 894. The van der Waals surface area contributed by atoms with Crippen molar-refractivity contribution in [3.05, 3.63) is 54.9 Å². The molecule has 0 spiro atoms. The van der Waals surface area contributed by atoms with Crippen LogP contribution < -0.4 is 11.1 Å². The van der Waals surface area contributed by atoms with Crippen molar-refractivity contribution in [1.29, 1.82) is 0 Å². The zero-order chi connectivity index (χ0) is 18.1. The van der Waals surface area contributed by atoms with E-state index in [9.17, 15) is 19.7 Å². The van der Waals surface area contributed by atoms with Crippen LogP contribution in [0.5, 0.6) is 0 Å². The van der Waals surface area contributed by atoms with E-state index < -0.39 is 22.4 Å². The van der Waals surface area contributed by atoms with Gasteiger partial charge in [-0.05, 0) is 43.4 Å². The number of hydrogen-bond donors (Lipinski definition) is 2. The van der Waals surface area contributed by atoms with Gasteiger partial charge in [0.2, 0.25) is 0 Å². The molecule has 9 heteroatoms. The van der Waals surface area contributed by atoms with E-state index in [4.69, 9.17) is 17.3 Å². The molecule has 2 amide bonds. The minimum Gasteiger partial charge on any atom is -0.365 e. The molecule has 1 aromatic carbocycles. The number of rotatable bonds is 4. The molecule has 7 nitrogen and oxygen atoms in total. The number of benzene rings is 1. The first-order valence-corrected chi connectivity index (χ1v) is 8.77. The van der Waals surface area contributed by atoms with Crippen molar-refractivity contribution in [3.8, 4) is 0 Å². The molecule has 1 heterocycles. The molecule has 1 aromatic heterocycles. The largest absolute Gasteiger partial charge is 0.365 e. The lowest BCUT2D eigenvalue weighted by Crippen LogP contribution is -2.19. The number of halogens is 1. The standard InChI is InChI=1S/C16H14ClN3O4S/c17-8-5-6-9(11(7-8)20(23)24)15(22)19-16-13(14(18)21)10-3-1-2-4-12(10)25-16/h5-7H,1-4H2,(H2,18,21)(H,19,22). The van der Waals surface area contributed by atoms with Gasteiger partial charge >= 0.3 is 0 Å². The monoisotopic (exact) mass is 379 g/mol. The first kappa shape index (κ1) is 17.4. The Labute approximate surface area is 151 Å². The molecule has 0 atom stereocenters. The fourth-order valence-electron chi connectivity index (χ4n) is 2.93. The number of nitro benzene ring substituents is 1. The van der Waals surface area contributed by atoms with Crippen LogP contribution in [0.1, 0.15) is 44.0 Å². The summed E-state index contributed by atoms with van der Waals surface area (Å²) in [5, 5.41) is 14.3. The number of nitro groups is 1. The molecule has 2 aromatic rings. The molecule has 0 fully saturated rings. The average molecular weight is 380 g/mol. The predicted molar refractivity (Wildman–Crippen MR) is 95.5 cm³/mol. The summed E-state index contributed by atoms with van der Waals surface area (Å²) in [4.78, 5) is 35.9. The van der Waals surface area contributed by atoms with Crippen LogP contribution in [0, 0.1) is 10.1 Å². The number of aryl methyl sites for hydroxylation is 1. The van der Waals surface area contributed by atoms with E-state index in [1.807, 2.05) is 0 Å². The third-order valence-electron chi connectivity index (χ3n) is 4.05. The Morgan fingerprint density at radius 1 is 1.28 bits per heavy atom. The van der Waals surface area contributed by atoms with Crippen molar-refractivity contribution in [2.45, 2.75) is 25.7 Å². The van der Waals surface area contributed by atoms with Gasteiger partial charge in [0, 0.05) is 16.0 Å². The van der Waals surface area contributed by atoms with Crippen LogP contribution in [0.4, 0.5) is 10.7 Å². The van der Waals surface area contributed by atoms with Gasteiger partial charge in [0.15, 0.2) is 0 Å². The Kier molecular flexibility index (Phi) is 4.73. The SMILES string of the molecule is NC(=O)c1c(NC(=O)c2ccc(Cl)cc2[N+](=O)[O-])sc2c1CCCC2. The zero-order valence-electron chi connectivity index (χ0n) is 13.0. The fourth-order valence-corrected chi connectivity index (χ4v) is 4.39. The van der Waals surface area contributed by atoms with E-state index in [-0.39, 0.29) is 10.6 Å². The van der Waals surface area contributed by atoms with Gasteiger partial charge in [0.05, 0.1) is 10.5 Å². The molecule has 0 saturated heterocycles. The molecular weight excluding hydrogens is 366 g/mol. The second kappa shape index (κ2) is 6.81. The Balaban J connectivity index is 1.98. The van der Waals surface area contributed by atoms with Crippen LogP contribution in [0.2, 0.25) is 5.02 Å². The highest BCUT2D eigenvalue weighted by Crippen LogP contribution is 2.38. The van der Waals surface area contributed by atoms with Gasteiger partial charge in [-0.3, -0.25) is 19.7 Å². The normalized spacial score (nSPS) is 13.2. The summed E-state index contributed by atoms with van der Waals surface area (Å²) in [5.41, 5.74) is 6.15. The van der Waals surface area contributed by atoms with Gasteiger partial charge in [-0.1, -0.05) is 11.6 Å². The maximum atomic E-state index is 12.5. The number of thiophene rings is 1. The van der Waals surface area contributed by atoms with Crippen LogP contribution in [-0.4, -0.2) is 16.7 Å². The number of nitrogens with one attached hydrogen (secondary N) is 1. The summed E-state index contributed by atoms with van der Waals surface area (Å²) in [7, 11) is 0. The van der Waals surface area contributed by atoms with E-state index in [1.165, 1.54) is 23.5 Å². The number of nitrogens with zero attached hydrogens (tertiary/aromatic N) is 1. The highest BCUT2D eigenvalue weighted by atomic mass is 35.5. The van der Waals surface area contributed by atoms with E-state index in [0.717, 1.165) is 42.2 Å². The number of nitrogens with two attached hydrogens (primary N) is 1. The highest BCUT2D eigenvalue weighted by Gasteiger charge is 2.27. The number of anilines is 1. The first-order valence-electron chi connectivity index (χ1n) is 7.58. The molecule has 130 valence electrons. The van der Waals surface area contributed by atoms with Crippen LogP contribution in [0.15, 0.2) is 18.2 Å². The van der Waals surface area contributed by atoms with Gasteiger partial charge in [0.25, 0.3) is 17.5 Å². The maximum absolute atomic E-state index is 12.5. The van der Waals surface area contributed by atoms with Gasteiger partial charge < -0.3 is 11.1 Å². The van der Waals surface area contributed by atoms with Gasteiger partial charge in [-0.15, -0.1) is 11.3 Å². The lowest BCUT2D eigenvalue weighted by molar-refractivity contribution is -0.385. The van der Waals surface area contributed by atoms with Crippen LogP contribution in [-0.2, 0) is 12.8 Å². The first-order chi connectivity index (χ1) is 11.9. The van der Waals surface area contributed by atoms with Crippen molar-refractivity contribution in [2.24, 2.45) is 5.73 Å². The lowest BCUT2D eigenvalue weighted by Gasteiger charge is -2.11. The van der Waals surface area contributed by atoms with E-state index in [1.54, 1.807) is 0 Å². The van der Waals surface area contributed by atoms with Crippen LogP contribution in [0.3, 0.4) is 0 Å². The molecule has 1 aliphatic carbocycles. The molecule has 25 heavy (non-hydrogen) atoms. The number of carbonyl (C=O) groups excluding carboxylic acids is 2. The topological polar surface area (TPSA) is 115 Å². The van der Waals surface area contributed by atoms with Crippen LogP contribution >= 0.6 is 22.9 Å². The Morgan fingerprint density at radius 2 is 2.00 bits per heavy atom. The summed E-state index contributed by atoms with van der Waals surface area (Å²) < 4.78 is 0. The summed E-state index contributed by atoms with van der Waals surface area (Å²) >= 11 is 7.07. The van der Waals surface area contributed by atoms with E-state index >= 15 is 0 Å². The minimum atomic E-state index is -0.676. The Hall–Kier alpha value is -2.45. The molecule has 0 bridgehead atoms. The van der Waals surface area contributed by atoms with Crippen LogP contribution in [0.25, 0.3) is 0 Å². The van der Waals surface area contributed by atoms with E-state index in [0.29, 0.717) is 10.6 Å². The molecule has 0 unspecified atom stereocenters. The highest BCUT2D eigenvalue weighted by molar-refractivity contribution is 7.17. The van der Waals surface area contributed by atoms with E-state index in [2.05, 4.69) is 5.32 Å².